The molecule has 10 aliphatic rings. The lowest BCUT2D eigenvalue weighted by molar-refractivity contribution is -0.152. The highest BCUT2D eigenvalue weighted by molar-refractivity contribution is 7.15. The Balaban J connectivity index is -0.000000360. The molecule has 0 aromatic carbocycles. The van der Waals surface area contributed by atoms with Crippen LogP contribution in [0, 0.1) is 92.2 Å². The summed E-state index contributed by atoms with van der Waals surface area (Å²) in [5.74, 6) is -4.73. The Kier molecular flexibility index (Phi) is 72.8. The summed E-state index contributed by atoms with van der Waals surface area (Å²) < 4.78 is 12.3. The van der Waals surface area contributed by atoms with E-state index in [1.165, 1.54) is 87.6 Å². The number of allylic oxidation sites excluding steroid dienone is 39. The summed E-state index contributed by atoms with van der Waals surface area (Å²) in [6, 6.07) is 0. The summed E-state index contributed by atoms with van der Waals surface area (Å²) in [7, 11) is 4.49. The molecule has 0 amide bonds. The van der Waals surface area contributed by atoms with Gasteiger partial charge in [-0.3, -0.25) is 28.8 Å². The second kappa shape index (κ2) is 75.1. The topological polar surface area (TPSA) is 373 Å². The minimum atomic E-state index is -0.981. The van der Waals surface area contributed by atoms with Crippen LogP contribution in [0.15, 0.2) is 287 Å². The van der Waals surface area contributed by atoms with Crippen molar-refractivity contribution in [3.8, 4) is 0 Å². The lowest BCUT2D eigenvalue weighted by Gasteiger charge is -2.38. The van der Waals surface area contributed by atoms with Crippen LogP contribution >= 0.6 is 18.5 Å². The van der Waals surface area contributed by atoms with E-state index in [1.54, 1.807) is 0 Å². The predicted molar refractivity (Wildman–Crippen MR) is 601 cm³/mol. The minimum Gasteiger partial charge on any atom is -0.481 e. The van der Waals surface area contributed by atoms with Crippen molar-refractivity contribution < 1.29 is 102 Å². The van der Waals surface area contributed by atoms with Crippen molar-refractivity contribution in [3.05, 3.63) is 287 Å². The Morgan fingerprint density at radius 2 is 0.908 bits per heavy atom. The largest absolute Gasteiger partial charge is 0.481 e. The van der Waals surface area contributed by atoms with Gasteiger partial charge in [-0.15, -0.1) is 18.5 Å². The SMILES string of the molecule is C/C=C(C)\C=C/C=C(C)C.C1=CCC=C1.C1=CCC=C1.C=C(C)C(=O)O.C=C(C)C(=O)O.C=C(C)C(=O)O.C=C/C(C)=C\CC=C(C)C.C=CC(=O)O.CC(C)=CC1C=C(C)C(C)C(C)(C(=O)O)C1.CC(C)=CC1C=C(C)C(C)CC1(C)C(=O)O.CC(C)=CCC1C(C)=CCCC1(C)C(=O)O.CC(C)=CCC1CC(C)(C(=O)O)CC=C1C.CC1(C(=O)O)CC2C=CC1C2.O=C(O)C1CC2C=CC1C2.[2H]CP.[2H]CP. The van der Waals surface area contributed by atoms with Crippen LogP contribution in [0.3, 0.4) is 0 Å². The van der Waals surface area contributed by atoms with Crippen LogP contribution in [0.4, 0.5) is 0 Å². The van der Waals surface area contributed by atoms with Crippen LogP contribution in [0.25, 0.3) is 0 Å². The summed E-state index contributed by atoms with van der Waals surface area (Å²) >= 11 is 0. The molecule has 0 aliphatic heterocycles. The van der Waals surface area contributed by atoms with Crippen molar-refractivity contribution in [1.82, 2.24) is 0 Å². The van der Waals surface area contributed by atoms with E-state index in [0.29, 0.717) is 61.6 Å². The molecule has 796 valence electrons. The smallest absolute Gasteiger partial charge is 0.330 e. The molecule has 0 saturated heterocycles. The van der Waals surface area contributed by atoms with Crippen LogP contribution in [0.2, 0.25) is 0 Å². The zero-order valence-corrected chi connectivity index (χ0v) is 94.1. The van der Waals surface area contributed by atoms with E-state index in [1.807, 2.05) is 75.3 Å². The van der Waals surface area contributed by atoms with Crippen LogP contribution in [-0.2, 0) is 47.9 Å². The molecule has 18 unspecified atom stereocenters. The van der Waals surface area contributed by atoms with E-state index in [2.05, 4.69) is 320 Å². The van der Waals surface area contributed by atoms with Crippen molar-refractivity contribution >= 4 is 78.2 Å². The standard InChI is InChI=1S/4C14H22O2.2C10H16.C9H12O2.C8H10O2.2C5H6.3C4H6O2.C3H4O2.2CH5P/c1-9(2)6-12-7-10(3)11(4)14(5,8-12)13(15)16;1-9(2)6-12-7-10(3)11(4)8-14(12,5)13(15)16;1-10(2)5-6-12-9-14(4,13(15)16)8-7-11(12)3;1-10(2)7-8-12-11(3)6-5-9-14(12,4)13(15)16;2*1-5-10(4)8-6-7-9(2)3;1-9(8(10)11)5-6-2-3-7(9)4-6;9-8(10)7-4-5-1-2-6(7)3-5;2*1-2-4-5-3-1;3*1-3(2)4(5)6;1-2-3(4)5;2*1-2/h2*6-7,11-12H,8H2,1-5H3,(H,15,16);5,7,12H,6,8-9H2,1-4H3,(H,15,16);6-7,12H,5,8-9H2,1-4H3,(H,15,16);5-8H,1-4H3;5,7-8H,1,6H2,2-4H3;2-3,6-7H,4-5H2,1H3,(H,10,11);1-2,5-7H,3-4H2,(H,9,10);2*1-4H,5H2;3*1H2,2H3,(H,5,6);2H,1H2,(H,4,5);2*2H2,1H3/b;;;;8-6-,10-5-;10-8-;;;;;;;;;;/i;;;;;;;;;;;;;;2*1D. The summed E-state index contributed by atoms with van der Waals surface area (Å²) in [6.45, 7) is 74.0. The molecule has 0 spiro atoms. The second-order valence-electron chi connectivity index (χ2n) is 40.1. The van der Waals surface area contributed by atoms with Gasteiger partial charge in [-0.2, -0.15) is 0 Å². The molecule has 0 heterocycles. The number of fused-ring (bicyclic) bond motifs is 4. The fraction of sp³-hybridized carbons (Fsp3) is 0.517. The van der Waals surface area contributed by atoms with E-state index in [0.717, 1.165) is 89.5 Å². The van der Waals surface area contributed by atoms with Gasteiger partial charge in [0, 0.05) is 31.5 Å². The third kappa shape index (κ3) is 60.0. The van der Waals surface area contributed by atoms with Crippen LogP contribution < -0.4 is 0 Å². The Labute approximate surface area is 864 Å². The number of carbonyl (C=O) groups is 10. The quantitative estimate of drug-likeness (QED) is 0.0221. The molecule has 10 aliphatic carbocycles. The van der Waals surface area contributed by atoms with Crippen molar-refractivity contribution in [2.75, 3.05) is 13.3 Å². The number of hydrogen-bond donors (Lipinski definition) is 10. The van der Waals surface area contributed by atoms with Crippen molar-refractivity contribution in [1.29, 1.82) is 0 Å². The third-order valence-electron chi connectivity index (χ3n) is 25.6. The molecular formula is C120H186O20P2. The van der Waals surface area contributed by atoms with Gasteiger partial charge in [0.15, 0.2) is 0 Å². The Hall–Kier alpha value is -10.7. The Morgan fingerprint density at radius 3 is 1.23 bits per heavy atom. The fourth-order valence-corrected chi connectivity index (χ4v) is 15.8. The lowest BCUT2D eigenvalue weighted by Crippen LogP contribution is -2.39. The van der Waals surface area contributed by atoms with Crippen molar-refractivity contribution in [2.24, 2.45) is 92.2 Å². The molecule has 142 heavy (non-hydrogen) atoms. The van der Waals surface area contributed by atoms with Crippen LogP contribution in [-0.4, -0.2) is 124 Å². The van der Waals surface area contributed by atoms with Crippen LogP contribution in [0.5, 0.6) is 0 Å². The van der Waals surface area contributed by atoms with Crippen LogP contribution in [0.1, 0.15) is 300 Å². The fourth-order valence-electron chi connectivity index (χ4n) is 15.8. The van der Waals surface area contributed by atoms with Crippen molar-refractivity contribution in [2.45, 2.75) is 297 Å². The monoisotopic (exact) mass is 2010 g/mol. The molecule has 0 radical (unpaired) electrons. The molecule has 2 fully saturated rings. The van der Waals surface area contributed by atoms with E-state index in [9.17, 15) is 68.4 Å². The van der Waals surface area contributed by atoms with Gasteiger partial charge in [0.25, 0.3) is 0 Å². The minimum absolute atomic E-state index is 0.0196. The number of carboxylic acids is 10. The van der Waals surface area contributed by atoms with Gasteiger partial charge in [-0.05, 0) is 337 Å². The first-order valence-corrected chi connectivity index (χ1v) is 50.2. The maximum atomic E-state index is 11.5. The summed E-state index contributed by atoms with van der Waals surface area (Å²) in [4.78, 5) is 105. The summed E-state index contributed by atoms with van der Waals surface area (Å²) in [5.41, 5.74) is 12.9. The molecule has 10 N–H and O–H groups in total. The van der Waals surface area contributed by atoms with Gasteiger partial charge in [-0.1, -0.05) is 291 Å². The first-order chi connectivity index (χ1) is 66.5. The Morgan fingerprint density at radius 1 is 0.465 bits per heavy atom. The van der Waals surface area contributed by atoms with Gasteiger partial charge >= 0.3 is 59.7 Å². The zero-order valence-electron chi connectivity index (χ0n) is 93.8. The number of aliphatic carboxylic acids is 10. The number of carboxylic acid groups (broad SMARTS) is 10. The molecule has 22 heteroatoms. The highest BCUT2D eigenvalue weighted by atomic mass is 31.0. The molecule has 0 aromatic rings. The number of hydrogen-bond acceptors (Lipinski definition) is 10. The summed E-state index contributed by atoms with van der Waals surface area (Å²) in [6.07, 6.45) is 71.3. The highest BCUT2D eigenvalue weighted by Crippen LogP contribution is 2.53. The van der Waals surface area contributed by atoms with Gasteiger partial charge in [0.2, 0.25) is 0 Å². The summed E-state index contributed by atoms with van der Waals surface area (Å²) in [5, 5.41) is 86.4. The normalized spacial score (nSPS) is 25.3. The zero-order chi connectivity index (χ0) is 113. The average molecular weight is 2010 g/mol. The lowest BCUT2D eigenvalue weighted by atomic mass is 9.65. The highest BCUT2D eigenvalue weighted by Gasteiger charge is 2.51. The van der Waals surface area contributed by atoms with Gasteiger partial charge in [0.05, 0.1) is 33.0 Å². The van der Waals surface area contributed by atoms with E-state index in [4.69, 9.17) is 33.4 Å². The second-order valence-corrected chi connectivity index (χ2v) is 40.1. The maximum absolute atomic E-state index is 11.5. The first kappa shape index (κ1) is 138. The predicted octanol–water partition coefficient (Wildman–Crippen LogP) is 31.0. The van der Waals surface area contributed by atoms with E-state index in [-0.39, 0.29) is 46.3 Å². The van der Waals surface area contributed by atoms with E-state index >= 15 is 0 Å². The molecule has 4 bridgehead atoms. The molecule has 20 nitrogen and oxygen atoms in total. The molecule has 10 rings (SSSR count). The Bertz CT molecular complexity index is 4620. The van der Waals surface area contributed by atoms with Gasteiger partial charge < -0.3 is 51.1 Å². The average Bonchev–Trinajstić information content (AvgIpc) is 1.62. The molecule has 0 aromatic heterocycles. The molecule has 18 atom stereocenters. The molecular weight excluding hydrogens is 1820 g/mol. The number of rotatable bonds is 21. The molecule has 2 saturated carbocycles. The van der Waals surface area contributed by atoms with Gasteiger partial charge in [-0.25, -0.2) is 19.2 Å². The van der Waals surface area contributed by atoms with Gasteiger partial charge in [0.1, 0.15) is 0 Å². The third-order valence-corrected chi connectivity index (χ3v) is 25.6. The maximum Gasteiger partial charge on any atom is 0.330 e. The first-order valence-electron chi connectivity index (χ1n) is 50.0. The van der Waals surface area contributed by atoms with E-state index < -0.39 is 86.8 Å². The van der Waals surface area contributed by atoms with Crippen molar-refractivity contribution in [3.63, 3.8) is 0 Å².